The summed E-state index contributed by atoms with van der Waals surface area (Å²) in [6, 6.07) is 14.3. The molecule has 0 aliphatic carbocycles. The highest BCUT2D eigenvalue weighted by Gasteiger charge is 2.33. The topological polar surface area (TPSA) is 79.1 Å². The molecule has 7 nitrogen and oxygen atoms in total. The van der Waals surface area contributed by atoms with E-state index in [0.29, 0.717) is 38.9 Å². The first-order valence-corrected chi connectivity index (χ1v) is 12.7. The van der Waals surface area contributed by atoms with Gasteiger partial charge in [-0.3, -0.25) is 9.36 Å². The van der Waals surface area contributed by atoms with Gasteiger partial charge < -0.3 is 14.2 Å². The van der Waals surface area contributed by atoms with Crippen LogP contribution in [-0.2, 0) is 9.53 Å². The molecule has 1 aliphatic rings. The van der Waals surface area contributed by atoms with Crippen molar-refractivity contribution in [2.24, 2.45) is 10.9 Å². The van der Waals surface area contributed by atoms with Crippen LogP contribution < -0.4 is 24.4 Å². The molecule has 8 heteroatoms. The van der Waals surface area contributed by atoms with E-state index < -0.39 is 12.0 Å². The van der Waals surface area contributed by atoms with Gasteiger partial charge in [0.25, 0.3) is 5.56 Å². The molecule has 2 aromatic carbocycles. The lowest BCUT2D eigenvalue weighted by Gasteiger charge is -2.25. The highest BCUT2D eigenvalue weighted by atomic mass is 32.1. The van der Waals surface area contributed by atoms with Crippen LogP contribution in [0.25, 0.3) is 6.08 Å². The molecule has 1 atom stereocenters. The highest BCUT2D eigenvalue weighted by Crippen LogP contribution is 2.32. The van der Waals surface area contributed by atoms with Gasteiger partial charge in [0.15, 0.2) is 4.80 Å². The van der Waals surface area contributed by atoms with Gasteiger partial charge in [0, 0.05) is 0 Å². The summed E-state index contributed by atoms with van der Waals surface area (Å²) in [4.78, 5) is 31.8. The fourth-order valence-electron chi connectivity index (χ4n) is 3.99. The predicted octanol–water partition coefficient (Wildman–Crippen LogP) is 3.84. The number of fused-ring (bicyclic) bond motifs is 1. The van der Waals surface area contributed by atoms with Crippen molar-refractivity contribution in [3.8, 4) is 11.5 Å². The molecule has 4 rings (SSSR count). The van der Waals surface area contributed by atoms with Crippen molar-refractivity contribution in [3.63, 3.8) is 0 Å². The summed E-state index contributed by atoms with van der Waals surface area (Å²) in [5.41, 5.74) is 2.26. The number of allylic oxidation sites excluding steroid dienone is 1. The molecular formula is C28H30N2O5S. The Kier molecular flexibility index (Phi) is 7.74. The number of methoxy groups -OCH3 is 1. The third-order valence-corrected chi connectivity index (χ3v) is 6.67. The third kappa shape index (κ3) is 5.28. The van der Waals surface area contributed by atoms with E-state index in [2.05, 4.69) is 18.8 Å². The molecule has 0 bridgehead atoms. The quantitative estimate of drug-likeness (QED) is 0.434. The zero-order valence-electron chi connectivity index (χ0n) is 21.1. The summed E-state index contributed by atoms with van der Waals surface area (Å²) in [5.74, 6) is 1.37. The van der Waals surface area contributed by atoms with Crippen molar-refractivity contribution in [2.75, 3.05) is 20.3 Å². The number of carbonyl (C=O) groups is 1. The molecule has 1 aromatic heterocycles. The van der Waals surface area contributed by atoms with Gasteiger partial charge in [-0.2, -0.15) is 0 Å². The van der Waals surface area contributed by atoms with Crippen LogP contribution in [-0.4, -0.2) is 30.9 Å². The maximum Gasteiger partial charge on any atom is 0.338 e. The van der Waals surface area contributed by atoms with Crippen molar-refractivity contribution in [2.45, 2.75) is 33.7 Å². The zero-order chi connectivity index (χ0) is 25.8. The molecule has 2 heterocycles. The number of nitrogens with zero attached hydrogens (tertiary/aromatic N) is 2. The van der Waals surface area contributed by atoms with Crippen molar-refractivity contribution in [3.05, 3.63) is 90.6 Å². The van der Waals surface area contributed by atoms with Crippen LogP contribution in [0.3, 0.4) is 0 Å². The first-order chi connectivity index (χ1) is 17.3. The first-order valence-electron chi connectivity index (χ1n) is 11.9. The van der Waals surface area contributed by atoms with E-state index in [0.717, 1.165) is 16.9 Å². The first kappa shape index (κ1) is 25.4. The Morgan fingerprint density at radius 1 is 1.17 bits per heavy atom. The van der Waals surface area contributed by atoms with Crippen LogP contribution in [0.1, 0.15) is 44.9 Å². The lowest BCUT2D eigenvalue weighted by atomic mass is 9.95. The monoisotopic (exact) mass is 506 g/mol. The van der Waals surface area contributed by atoms with E-state index in [-0.39, 0.29) is 12.2 Å². The van der Waals surface area contributed by atoms with Gasteiger partial charge in [0.05, 0.1) is 42.2 Å². The Morgan fingerprint density at radius 3 is 2.58 bits per heavy atom. The number of ether oxygens (including phenoxy) is 3. The summed E-state index contributed by atoms with van der Waals surface area (Å²) < 4.78 is 18.6. The molecule has 3 aromatic rings. The van der Waals surface area contributed by atoms with Crippen LogP contribution in [0, 0.1) is 5.92 Å². The second kappa shape index (κ2) is 11.0. The van der Waals surface area contributed by atoms with Crippen molar-refractivity contribution >= 4 is 23.4 Å². The molecule has 0 spiro atoms. The number of benzene rings is 2. The van der Waals surface area contributed by atoms with Gasteiger partial charge >= 0.3 is 5.97 Å². The summed E-state index contributed by atoms with van der Waals surface area (Å²) in [5, 5.41) is 0. The van der Waals surface area contributed by atoms with E-state index in [1.165, 1.54) is 11.3 Å². The lowest BCUT2D eigenvalue weighted by Crippen LogP contribution is -2.39. The van der Waals surface area contributed by atoms with Gasteiger partial charge in [-0.15, -0.1) is 0 Å². The largest absolute Gasteiger partial charge is 0.497 e. The number of aromatic nitrogens is 1. The molecule has 0 saturated carbocycles. The lowest BCUT2D eigenvalue weighted by molar-refractivity contribution is -0.139. The molecule has 0 fully saturated rings. The SMILES string of the molecule is CCOC(=O)C1=C(C)N=c2s/c(=C/c3ccc(OCC(C)C)cc3)c(=O)n2[C@@H]1c1cccc(OC)c1. The van der Waals surface area contributed by atoms with Gasteiger partial charge in [0.1, 0.15) is 11.5 Å². The molecule has 1 aliphatic heterocycles. The normalized spacial score (nSPS) is 15.5. The number of esters is 1. The number of rotatable bonds is 8. The highest BCUT2D eigenvalue weighted by molar-refractivity contribution is 7.07. The smallest absolute Gasteiger partial charge is 0.338 e. The van der Waals surface area contributed by atoms with E-state index in [1.807, 2.05) is 54.6 Å². The molecule has 188 valence electrons. The summed E-state index contributed by atoms with van der Waals surface area (Å²) in [7, 11) is 1.58. The van der Waals surface area contributed by atoms with Gasteiger partial charge in [-0.1, -0.05) is 49.4 Å². The molecule has 36 heavy (non-hydrogen) atoms. The summed E-state index contributed by atoms with van der Waals surface area (Å²) in [6.07, 6.45) is 1.84. The average Bonchev–Trinajstić information content (AvgIpc) is 3.17. The fourth-order valence-corrected chi connectivity index (χ4v) is 5.04. The minimum absolute atomic E-state index is 0.221. The molecule has 0 N–H and O–H groups in total. The molecule has 0 unspecified atom stereocenters. The van der Waals surface area contributed by atoms with E-state index in [4.69, 9.17) is 14.2 Å². The zero-order valence-corrected chi connectivity index (χ0v) is 21.9. The van der Waals surface area contributed by atoms with E-state index >= 15 is 0 Å². The Bertz CT molecular complexity index is 1460. The van der Waals surface area contributed by atoms with Crippen LogP contribution in [0.2, 0.25) is 0 Å². The predicted molar refractivity (Wildman–Crippen MR) is 140 cm³/mol. The number of thiazole rings is 1. The Balaban J connectivity index is 1.82. The van der Waals surface area contributed by atoms with E-state index in [9.17, 15) is 9.59 Å². The minimum atomic E-state index is -0.677. The average molecular weight is 507 g/mol. The number of hydrogen-bond donors (Lipinski definition) is 0. The van der Waals surface area contributed by atoms with Crippen LogP contribution >= 0.6 is 11.3 Å². The Morgan fingerprint density at radius 2 is 1.92 bits per heavy atom. The third-order valence-electron chi connectivity index (χ3n) is 5.69. The maximum absolute atomic E-state index is 13.7. The van der Waals surface area contributed by atoms with Crippen LogP contribution in [0.4, 0.5) is 0 Å². The Hall–Kier alpha value is -3.65. The van der Waals surface area contributed by atoms with Gasteiger partial charge in [-0.25, -0.2) is 9.79 Å². The molecular weight excluding hydrogens is 476 g/mol. The maximum atomic E-state index is 13.7. The van der Waals surface area contributed by atoms with Crippen LogP contribution in [0.15, 0.2) is 69.6 Å². The van der Waals surface area contributed by atoms with Crippen molar-refractivity contribution in [1.82, 2.24) is 4.57 Å². The molecule has 0 amide bonds. The van der Waals surface area contributed by atoms with Gasteiger partial charge in [-0.05, 0) is 61.2 Å². The summed E-state index contributed by atoms with van der Waals surface area (Å²) >= 11 is 1.29. The van der Waals surface area contributed by atoms with Crippen molar-refractivity contribution < 1.29 is 19.0 Å². The summed E-state index contributed by atoms with van der Waals surface area (Å²) in [6.45, 7) is 8.59. The van der Waals surface area contributed by atoms with Crippen LogP contribution in [0.5, 0.6) is 11.5 Å². The molecule has 0 radical (unpaired) electrons. The number of hydrogen-bond acceptors (Lipinski definition) is 7. The number of carbonyl (C=O) groups excluding carboxylic acids is 1. The minimum Gasteiger partial charge on any atom is -0.497 e. The molecule has 0 saturated heterocycles. The standard InChI is InChI=1S/C28H30N2O5S/c1-6-34-27(32)24-18(4)29-28-30(25(24)20-8-7-9-22(15-20)33-5)26(31)23(36-28)14-19-10-12-21(13-11-19)35-16-17(2)3/h7-15,17,25H,6,16H2,1-5H3/b23-14+/t25-/m1/s1. The Labute approximate surface area is 214 Å². The second-order valence-electron chi connectivity index (χ2n) is 8.85. The van der Waals surface area contributed by atoms with E-state index in [1.54, 1.807) is 25.5 Å². The van der Waals surface area contributed by atoms with Gasteiger partial charge in [0.2, 0.25) is 0 Å². The van der Waals surface area contributed by atoms with Crippen molar-refractivity contribution in [1.29, 1.82) is 0 Å². The second-order valence-corrected chi connectivity index (χ2v) is 9.86. The fraction of sp³-hybridized carbons (Fsp3) is 0.321.